The van der Waals surface area contributed by atoms with Crippen LogP contribution in [0.25, 0.3) is 0 Å². The topological polar surface area (TPSA) is 55.1 Å². The van der Waals surface area contributed by atoms with E-state index in [4.69, 9.17) is 5.73 Å². The SMILES string of the molecule is Cc1cc(C(=O)Nc2ccc(N)cc2C)ccc1F. The van der Waals surface area contributed by atoms with E-state index in [-0.39, 0.29) is 11.7 Å². The number of benzene rings is 2. The van der Waals surface area contributed by atoms with Crippen molar-refractivity contribution in [3.8, 4) is 0 Å². The number of nitrogens with two attached hydrogens (primary N) is 1. The van der Waals surface area contributed by atoms with Crippen LogP contribution < -0.4 is 11.1 Å². The van der Waals surface area contributed by atoms with Gasteiger partial charge >= 0.3 is 0 Å². The fraction of sp³-hybridized carbons (Fsp3) is 0.133. The summed E-state index contributed by atoms with van der Waals surface area (Å²) in [5, 5.41) is 2.78. The van der Waals surface area contributed by atoms with Gasteiger partial charge in [-0.3, -0.25) is 4.79 Å². The van der Waals surface area contributed by atoms with Crippen molar-refractivity contribution in [2.75, 3.05) is 11.1 Å². The lowest BCUT2D eigenvalue weighted by Crippen LogP contribution is -2.13. The third-order valence-electron chi connectivity index (χ3n) is 2.92. The van der Waals surface area contributed by atoms with Gasteiger partial charge in [-0.15, -0.1) is 0 Å². The predicted molar refractivity (Wildman–Crippen MR) is 74.7 cm³/mol. The number of carbonyl (C=O) groups is 1. The molecule has 0 unspecified atom stereocenters. The quantitative estimate of drug-likeness (QED) is 0.812. The molecule has 2 rings (SSSR count). The maximum atomic E-state index is 13.2. The number of hydrogen-bond donors (Lipinski definition) is 2. The maximum Gasteiger partial charge on any atom is 0.255 e. The second-order valence-corrected chi connectivity index (χ2v) is 4.49. The van der Waals surface area contributed by atoms with Gasteiger partial charge in [0.25, 0.3) is 5.91 Å². The molecular formula is C15H15FN2O. The van der Waals surface area contributed by atoms with E-state index >= 15 is 0 Å². The zero-order valence-electron chi connectivity index (χ0n) is 10.8. The second-order valence-electron chi connectivity index (χ2n) is 4.49. The lowest BCUT2D eigenvalue weighted by atomic mass is 10.1. The number of aryl methyl sites for hydroxylation is 2. The Hall–Kier alpha value is -2.36. The van der Waals surface area contributed by atoms with Gasteiger partial charge in [0.2, 0.25) is 0 Å². The molecule has 0 aromatic heterocycles. The Morgan fingerprint density at radius 1 is 1.11 bits per heavy atom. The van der Waals surface area contributed by atoms with Crippen LogP contribution in [-0.4, -0.2) is 5.91 Å². The summed E-state index contributed by atoms with van der Waals surface area (Å²) in [5.41, 5.74) is 8.75. The van der Waals surface area contributed by atoms with E-state index in [1.54, 1.807) is 25.1 Å². The Kier molecular flexibility index (Phi) is 3.51. The van der Waals surface area contributed by atoms with Gasteiger partial charge in [-0.25, -0.2) is 4.39 Å². The molecule has 0 radical (unpaired) electrons. The number of amides is 1. The highest BCUT2D eigenvalue weighted by molar-refractivity contribution is 6.04. The van der Waals surface area contributed by atoms with E-state index in [9.17, 15) is 9.18 Å². The largest absolute Gasteiger partial charge is 0.399 e. The van der Waals surface area contributed by atoms with Crippen molar-refractivity contribution in [1.29, 1.82) is 0 Å². The number of nitrogen functional groups attached to an aromatic ring is 1. The molecule has 0 bridgehead atoms. The van der Waals surface area contributed by atoms with Gasteiger partial charge in [-0.05, 0) is 61.4 Å². The van der Waals surface area contributed by atoms with Crippen LogP contribution in [0, 0.1) is 19.7 Å². The van der Waals surface area contributed by atoms with Gasteiger partial charge in [0.15, 0.2) is 0 Å². The van der Waals surface area contributed by atoms with Crippen molar-refractivity contribution >= 4 is 17.3 Å². The van der Waals surface area contributed by atoms with Crippen molar-refractivity contribution in [1.82, 2.24) is 0 Å². The molecule has 2 aromatic rings. The average Bonchev–Trinajstić information content (AvgIpc) is 2.36. The van der Waals surface area contributed by atoms with Crippen molar-refractivity contribution < 1.29 is 9.18 Å². The molecule has 19 heavy (non-hydrogen) atoms. The average molecular weight is 258 g/mol. The fourth-order valence-corrected chi connectivity index (χ4v) is 1.81. The zero-order chi connectivity index (χ0) is 14.0. The number of anilines is 2. The number of carbonyl (C=O) groups excluding carboxylic acids is 1. The van der Waals surface area contributed by atoms with E-state index in [1.165, 1.54) is 18.2 Å². The number of halogens is 1. The summed E-state index contributed by atoms with van der Waals surface area (Å²) in [5.74, 6) is -0.587. The molecule has 0 spiro atoms. The molecule has 0 fully saturated rings. The van der Waals surface area contributed by atoms with Crippen molar-refractivity contribution in [3.05, 3.63) is 58.9 Å². The highest BCUT2D eigenvalue weighted by atomic mass is 19.1. The van der Waals surface area contributed by atoms with E-state index in [0.29, 0.717) is 22.5 Å². The van der Waals surface area contributed by atoms with E-state index < -0.39 is 0 Å². The molecule has 3 nitrogen and oxygen atoms in total. The van der Waals surface area contributed by atoms with Crippen LogP contribution in [0.1, 0.15) is 21.5 Å². The van der Waals surface area contributed by atoms with Crippen LogP contribution in [0.3, 0.4) is 0 Å². The molecule has 98 valence electrons. The standard InChI is InChI=1S/C15H15FN2O/c1-9-7-11(3-5-13(9)16)15(19)18-14-6-4-12(17)8-10(14)2/h3-8H,17H2,1-2H3,(H,18,19). The van der Waals surface area contributed by atoms with Gasteiger partial charge < -0.3 is 11.1 Å². The number of nitrogens with one attached hydrogen (secondary N) is 1. The summed E-state index contributed by atoms with van der Waals surface area (Å²) in [6, 6.07) is 9.53. The summed E-state index contributed by atoms with van der Waals surface area (Å²) < 4.78 is 13.2. The third-order valence-corrected chi connectivity index (χ3v) is 2.92. The highest BCUT2D eigenvalue weighted by Crippen LogP contribution is 2.19. The van der Waals surface area contributed by atoms with Crippen LogP contribution in [0.4, 0.5) is 15.8 Å². The van der Waals surface area contributed by atoms with Crippen molar-refractivity contribution in [2.24, 2.45) is 0 Å². The summed E-state index contributed by atoms with van der Waals surface area (Å²) in [6.07, 6.45) is 0. The van der Waals surface area contributed by atoms with Crippen LogP contribution in [-0.2, 0) is 0 Å². The van der Waals surface area contributed by atoms with Crippen LogP contribution in [0.2, 0.25) is 0 Å². The third kappa shape index (κ3) is 2.91. The van der Waals surface area contributed by atoms with Crippen molar-refractivity contribution in [2.45, 2.75) is 13.8 Å². The normalized spacial score (nSPS) is 10.3. The highest BCUT2D eigenvalue weighted by Gasteiger charge is 2.09. The van der Waals surface area contributed by atoms with Gasteiger partial charge in [0, 0.05) is 16.9 Å². The van der Waals surface area contributed by atoms with Gasteiger partial charge in [0.1, 0.15) is 5.82 Å². The van der Waals surface area contributed by atoms with Gasteiger partial charge in [0.05, 0.1) is 0 Å². The monoisotopic (exact) mass is 258 g/mol. The molecule has 0 aliphatic heterocycles. The number of rotatable bonds is 2. The van der Waals surface area contributed by atoms with E-state index in [0.717, 1.165) is 5.56 Å². The Balaban J connectivity index is 2.23. The van der Waals surface area contributed by atoms with Gasteiger partial charge in [-0.2, -0.15) is 0 Å². The molecule has 4 heteroatoms. The summed E-state index contributed by atoms with van der Waals surface area (Å²) in [6.45, 7) is 3.49. The van der Waals surface area contributed by atoms with Crippen LogP contribution >= 0.6 is 0 Å². The Morgan fingerprint density at radius 2 is 1.84 bits per heavy atom. The molecule has 0 saturated carbocycles. The summed E-state index contributed by atoms with van der Waals surface area (Å²) in [4.78, 5) is 12.0. The van der Waals surface area contributed by atoms with Gasteiger partial charge in [-0.1, -0.05) is 0 Å². The first-order chi connectivity index (χ1) is 8.97. The molecule has 0 atom stereocenters. The Morgan fingerprint density at radius 3 is 2.47 bits per heavy atom. The molecule has 0 aliphatic carbocycles. The van der Waals surface area contributed by atoms with E-state index in [1.807, 2.05) is 6.92 Å². The van der Waals surface area contributed by atoms with Crippen molar-refractivity contribution in [3.63, 3.8) is 0 Å². The van der Waals surface area contributed by atoms with Crippen LogP contribution in [0.5, 0.6) is 0 Å². The molecule has 3 N–H and O–H groups in total. The second kappa shape index (κ2) is 5.10. The number of hydrogen-bond acceptors (Lipinski definition) is 2. The molecule has 0 aliphatic rings. The minimum Gasteiger partial charge on any atom is -0.399 e. The molecule has 0 saturated heterocycles. The maximum absolute atomic E-state index is 13.2. The lowest BCUT2D eigenvalue weighted by Gasteiger charge is -2.09. The lowest BCUT2D eigenvalue weighted by molar-refractivity contribution is 0.102. The molecular weight excluding hydrogens is 243 g/mol. The predicted octanol–water partition coefficient (Wildman–Crippen LogP) is 3.28. The zero-order valence-corrected chi connectivity index (χ0v) is 10.8. The first-order valence-corrected chi connectivity index (χ1v) is 5.91. The summed E-state index contributed by atoms with van der Waals surface area (Å²) >= 11 is 0. The molecule has 0 heterocycles. The van der Waals surface area contributed by atoms with Crippen LogP contribution in [0.15, 0.2) is 36.4 Å². The minimum absolute atomic E-state index is 0.268. The summed E-state index contributed by atoms with van der Waals surface area (Å²) in [7, 11) is 0. The molecule has 1 amide bonds. The first-order valence-electron chi connectivity index (χ1n) is 5.91. The van der Waals surface area contributed by atoms with E-state index in [2.05, 4.69) is 5.32 Å². The fourth-order valence-electron chi connectivity index (χ4n) is 1.81. The Bertz CT molecular complexity index is 638. The molecule has 2 aromatic carbocycles. The minimum atomic E-state index is -0.319. The first kappa shape index (κ1) is 13.1. The smallest absolute Gasteiger partial charge is 0.255 e. The Labute approximate surface area is 111 Å².